The van der Waals surface area contributed by atoms with E-state index in [1.165, 1.54) is 18.2 Å². The van der Waals surface area contributed by atoms with Crippen LogP contribution < -0.4 is 5.32 Å². The lowest BCUT2D eigenvalue weighted by atomic mass is 10.0. The van der Waals surface area contributed by atoms with Gasteiger partial charge in [0.05, 0.1) is 22.8 Å². The van der Waals surface area contributed by atoms with Crippen LogP contribution in [0.15, 0.2) is 51.7 Å². The number of carbonyl (C=O) groups excluding carboxylic acids is 1. The van der Waals surface area contributed by atoms with Gasteiger partial charge in [0.1, 0.15) is 28.5 Å². The van der Waals surface area contributed by atoms with E-state index in [0.717, 1.165) is 10.1 Å². The quantitative estimate of drug-likeness (QED) is 0.473. The van der Waals surface area contributed by atoms with E-state index in [1.807, 2.05) is 28.9 Å². The van der Waals surface area contributed by atoms with E-state index < -0.39 is 11.7 Å². The first-order valence-electron chi connectivity index (χ1n) is 8.26. The summed E-state index contributed by atoms with van der Waals surface area (Å²) in [5, 5.41) is 6.76. The molecule has 3 aromatic heterocycles. The molecule has 4 aromatic rings. The molecule has 0 bridgehead atoms. The van der Waals surface area contributed by atoms with Crippen molar-refractivity contribution in [1.82, 2.24) is 19.9 Å². The number of aryl methyl sites for hydroxylation is 1. The number of aromatic nitrogens is 3. The smallest absolute Gasteiger partial charge is 0.257 e. The van der Waals surface area contributed by atoms with Crippen LogP contribution in [0.4, 0.5) is 4.39 Å². The van der Waals surface area contributed by atoms with Gasteiger partial charge < -0.3 is 14.2 Å². The van der Waals surface area contributed by atoms with Gasteiger partial charge in [0, 0.05) is 16.9 Å². The highest BCUT2D eigenvalue weighted by atomic mass is 79.9. The van der Waals surface area contributed by atoms with Crippen molar-refractivity contribution in [2.45, 2.75) is 13.5 Å². The summed E-state index contributed by atoms with van der Waals surface area (Å²) in [6, 6.07) is 8.01. The summed E-state index contributed by atoms with van der Waals surface area (Å²) >= 11 is 9.51. The van der Waals surface area contributed by atoms with Gasteiger partial charge in [0.15, 0.2) is 0 Å². The second kappa shape index (κ2) is 7.37. The molecule has 4 rings (SSSR count). The zero-order valence-corrected chi connectivity index (χ0v) is 16.9. The number of hydrogen-bond donors (Lipinski definition) is 1. The first kappa shape index (κ1) is 18.6. The van der Waals surface area contributed by atoms with Crippen LogP contribution in [-0.4, -0.2) is 20.4 Å². The van der Waals surface area contributed by atoms with Crippen LogP contribution in [0.3, 0.4) is 0 Å². The number of nitrogens with zero attached hydrogens (tertiary/aromatic N) is 3. The van der Waals surface area contributed by atoms with Gasteiger partial charge in [0.2, 0.25) is 0 Å². The molecule has 1 aromatic carbocycles. The van der Waals surface area contributed by atoms with E-state index in [9.17, 15) is 9.18 Å². The van der Waals surface area contributed by atoms with E-state index in [0.29, 0.717) is 5.69 Å². The molecule has 9 heteroatoms. The molecule has 0 spiro atoms. The molecule has 0 radical (unpaired) electrons. The predicted molar refractivity (Wildman–Crippen MR) is 106 cm³/mol. The third-order valence-corrected chi connectivity index (χ3v) is 4.97. The summed E-state index contributed by atoms with van der Waals surface area (Å²) in [6.45, 7) is 1.77. The Labute approximate surface area is 172 Å². The summed E-state index contributed by atoms with van der Waals surface area (Å²) in [5.41, 5.74) is 1.66. The topological polar surface area (TPSA) is 72.4 Å². The number of fused-ring (bicyclic) bond motifs is 1. The molecular weight excluding hydrogens is 451 g/mol. The second-order valence-electron chi connectivity index (χ2n) is 6.09. The molecule has 6 nitrogen and oxygen atoms in total. The fourth-order valence-electron chi connectivity index (χ4n) is 2.90. The molecule has 0 aliphatic heterocycles. The summed E-state index contributed by atoms with van der Waals surface area (Å²) < 4.78 is 22.2. The van der Waals surface area contributed by atoms with Crippen LogP contribution in [0.1, 0.15) is 21.8 Å². The van der Waals surface area contributed by atoms with Gasteiger partial charge in [-0.05, 0) is 47.1 Å². The van der Waals surface area contributed by atoms with E-state index in [4.69, 9.17) is 16.1 Å². The first-order valence-corrected chi connectivity index (χ1v) is 9.43. The van der Waals surface area contributed by atoms with Crippen molar-refractivity contribution < 1.29 is 13.7 Å². The maximum Gasteiger partial charge on any atom is 0.257 e. The van der Waals surface area contributed by atoms with Crippen LogP contribution in [0.5, 0.6) is 0 Å². The van der Waals surface area contributed by atoms with E-state index in [-0.39, 0.29) is 34.1 Å². The minimum Gasteiger partial charge on any atom is -0.360 e. The molecule has 0 saturated carbocycles. The summed E-state index contributed by atoms with van der Waals surface area (Å²) in [6.07, 6.45) is 3.69. The number of halogens is 3. The van der Waals surface area contributed by atoms with Gasteiger partial charge in [-0.1, -0.05) is 22.8 Å². The van der Waals surface area contributed by atoms with Crippen LogP contribution >= 0.6 is 27.5 Å². The zero-order chi connectivity index (χ0) is 19.8. The SMILES string of the molecule is Cc1onc(-c2c(F)cccc2Cl)c1C(=O)NCc1cn2cc(Br)ccc2n1. The number of rotatable bonds is 4. The number of hydrogen-bond acceptors (Lipinski definition) is 4. The van der Waals surface area contributed by atoms with Crippen molar-refractivity contribution in [3.8, 4) is 11.3 Å². The summed E-state index contributed by atoms with van der Waals surface area (Å²) in [4.78, 5) is 17.2. The largest absolute Gasteiger partial charge is 0.360 e. The highest BCUT2D eigenvalue weighted by molar-refractivity contribution is 9.10. The van der Waals surface area contributed by atoms with Crippen LogP contribution in [0.25, 0.3) is 16.9 Å². The normalized spacial score (nSPS) is 11.1. The zero-order valence-electron chi connectivity index (χ0n) is 14.5. The van der Waals surface area contributed by atoms with Crippen molar-refractivity contribution in [1.29, 1.82) is 0 Å². The van der Waals surface area contributed by atoms with Gasteiger partial charge in [-0.3, -0.25) is 4.79 Å². The Kier molecular flexibility index (Phi) is 4.91. The summed E-state index contributed by atoms with van der Waals surface area (Å²) in [7, 11) is 0. The van der Waals surface area contributed by atoms with Crippen molar-refractivity contribution >= 4 is 39.1 Å². The second-order valence-corrected chi connectivity index (χ2v) is 7.41. The Balaban J connectivity index is 1.61. The Morgan fingerprint density at radius 1 is 1.32 bits per heavy atom. The fourth-order valence-corrected chi connectivity index (χ4v) is 3.50. The Hall–Kier alpha value is -2.71. The van der Waals surface area contributed by atoms with E-state index in [1.54, 1.807) is 6.92 Å². The number of imidazole rings is 1. The molecule has 0 aliphatic rings. The lowest BCUT2D eigenvalue weighted by molar-refractivity contribution is 0.0949. The number of benzene rings is 1. The van der Waals surface area contributed by atoms with Gasteiger partial charge in [0.25, 0.3) is 5.91 Å². The average molecular weight is 464 g/mol. The minimum atomic E-state index is -0.583. The molecule has 0 saturated heterocycles. The minimum absolute atomic E-state index is 0.0312. The van der Waals surface area contributed by atoms with Crippen molar-refractivity contribution in [2.75, 3.05) is 0 Å². The fraction of sp³-hybridized carbons (Fsp3) is 0.105. The third-order valence-electron chi connectivity index (χ3n) is 4.18. The molecule has 0 unspecified atom stereocenters. The van der Waals surface area contributed by atoms with Gasteiger partial charge in [-0.15, -0.1) is 0 Å². The maximum absolute atomic E-state index is 14.3. The summed E-state index contributed by atoms with van der Waals surface area (Å²) in [5.74, 6) is -0.766. The molecule has 3 heterocycles. The Morgan fingerprint density at radius 2 is 2.14 bits per heavy atom. The van der Waals surface area contributed by atoms with Gasteiger partial charge in [-0.2, -0.15) is 0 Å². The van der Waals surface area contributed by atoms with Crippen LogP contribution in [-0.2, 0) is 6.54 Å². The molecule has 142 valence electrons. The highest BCUT2D eigenvalue weighted by Crippen LogP contribution is 2.33. The molecule has 0 aliphatic carbocycles. The molecule has 28 heavy (non-hydrogen) atoms. The number of carbonyl (C=O) groups is 1. The number of nitrogens with one attached hydrogen (secondary N) is 1. The number of pyridine rings is 1. The predicted octanol–water partition coefficient (Wildman–Crippen LogP) is 4.78. The maximum atomic E-state index is 14.3. The number of amides is 1. The molecule has 0 atom stereocenters. The first-order chi connectivity index (χ1) is 13.4. The van der Waals surface area contributed by atoms with Crippen molar-refractivity contribution in [3.63, 3.8) is 0 Å². The lowest BCUT2D eigenvalue weighted by Crippen LogP contribution is -2.24. The van der Waals surface area contributed by atoms with E-state index >= 15 is 0 Å². The monoisotopic (exact) mass is 462 g/mol. The Bertz CT molecular complexity index is 1180. The van der Waals surface area contributed by atoms with Crippen LogP contribution in [0.2, 0.25) is 5.02 Å². The van der Waals surface area contributed by atoms with Crippen molar-refractivity contribution in [2.24, 2.45) is 0 Å². The Morgan fingerprint density at radius 3 is 2.93 bits per heavy atom. The average Bonchev–Trinajstić information content (AvgIpc) is 3.22. The molecule has 0 fully saturated rings. The molecular formula is C19H13BrClFN4O2. The molecule has 1 N–H and O–H groups in total. The highest BCUT2D eigenvalue weighted by Gasteiger charge is 2.25. The van der Waals surface area contributed by atoms with Crippen molar-refractivity contribution in [3.05, 3.63) is 75.1 Å². The third kappa shape index (κ3) is 3.41. The van der Waals surface area contributed by atoms with E-state index in [2.05, 4.69) is 31.4 Å². The van der Waals surface area contributed by atoms with Gasteiger partial charge >= 0.3 is 0 Å². The van der Waals surface area contributed by atoms with Gasteiger partial charge in [-0.25, -0.2) is 9.37 Å². The lowest BCUT2D eigenvalue weighted by Gasteiger charge is -2.06. The standard InChI is InChI=1S/C19H13BrClFN4O2/c1-10-16(18(25-28-10)17-13(21)3-2-4-14(17)22)19(27)23-7-12-9-26-8-11(20)5-6-15(26)24-12/h2-6,8-9H,7H2,1H3,(H,23,27). The van der Waals surface area contributed by atoms with Crippen LogP contribution in [0, 0.1) is 12.7 Å². The molecule has 1 amide bonds.